The van der Waals surface area contributed by atoms with Crippen molar-refractivity contribution in [1.29, 1.82) is 0 Å². The number of nitro benzene ring substituents is 1. The van der Waals surface area contributed by atoms with Gasteiger partial charge in [0.15, 0.2) is 0 Å². The van der Waals surface area contributed by atoms with Crippen LogP contribution in [-0.2, 0) is 4.79 Å². The molecule has 3 N–H and O–H groups in total. The van der Waals surface area contributed by atoms with Gasteiger partial charge in [0, 0.05) is 17.7 Å². The molecule has 1 atom stereocenters. The van der Waals surface area contributed by atoms with Crippen LogP contribution in [0, 0.1) is 10.1 Å². The Labute approximate surface area is 121 Å². The number of aliphatic carboxylic acids is 1. The second-order valence-corrected chi connectivity index (χ2v) is 4.82. The van der Waals surface area contributed by atoms with Gasteiger partial charge in [0.25, 0.3) is 11.6 Å². The second-order valence-electron chi connectivity index (χ2n) is 4.82. The van der Waals surface area contributed by atoms with Gasteiger partial charge in [-0.05, 0) is 32.9 Å². The van der Waals surface area contributed by atoms with E-state index >= 15 is 0 Å². The predicted octanol–water partition coefficient (Wildman–Crippen LogP) is 1.62. The Kier molecular flexibility index (Phi) is 5.23. The molecule has 8 nitrogen and oxygen atoms in total. The van der Waals surface area contributed by atoms with Gasteiger partial charge < -0.3 is 15.7 Å². The summed E-state index contributed by atoms with van der Waals surface area (Å²) in [6.07, 6.45) is 0. The number of carboxylic acid groups (broad SMARTS) is 1. The van der Waals surface area contributed by atoms with Crippen LogP contribution in [0.15, 0.2) is 18.2 Å². The van der Waals surface area contributed by atoms with Crippen LogP contribution in [0.25, 0.3) is 0 Å². The highest BCUT2D eigenvalue weighted by Crippen LogP contribution is 2.26. The van der Waals surface area contributed by atoms with Crippen molar-refractivity contribution >= 4 is 23.3 Å². The molecule has 1 amide bonds. The van der Waals surface area contributed by atoms with Crippen LogP contribution >= 0.6 is 0 Å². The highest BCUT2D eigenvalue weighted by atomic mass is 16.6. The summed E-state index contributed by atoms with van der Waals surface area (Å²) >= 11 is 0. The first kappa shape index (κ1) is 16.4. The number of rotatable bonds is 6. The van der Waals surface area contributed by atoms with E-state index in [2.05, 4.69) is 10.6 Å². The largest absolute Gasteiger partial charge is 0.480 e. The summed E-state index contributed by atoms with van der Waals surface area (Å²) in [5, 5.41) is 25.0. The lowest BCUT2D eigenvalue weighted by molar-refractivity contribution is -0.384. The number of benzene rings is 1. The van der Waals surface area contributed by atoms with Crippen LogP contribution in [-0.4, -0.2) is 34.0 Å². The van der Waals surface area contributed by atoms with Crippen LogP contribution < -0.4 is 10.6 Å². The summed E-state index contributed by atoms with van der Waals surface area (Å²) in [4.78, 5) is 33.0. The average molecular weight is 295 g/mol. The maximum absolute atomic E-state index is 11.8. The Balaban J connectivity index is 3.10. The van der Waals surface area contributed by atoms with Crippen LogP contribution in [0.2, 0.25) is 0 Å². The molecule has 21 heavy (non-hydrogen) atoms. The molecule has 0 saturated carbocycles. The molecule has 0 aliphatic carbocycles. The third kappa shape index (κ3) is 4.44. The second kappa shape index (κ2) is 6.69. The molecule has 0 fully saturated rings. The molecule has 1 aromatic carbocycles. The Bertz CT molecular complexity index is 571. The fourth-order valence-corrected chi connectivity index (χ4v) is 1.59. The molecular formula is C13H17N3O5. The molecule has 0 saturated heterocycles. The number of hydrogen-bond acceptors (Lipinski definition) is 5. The zero-order chi connectivity index (χ0) is 16.2. The van der Waals surface area contributed by atoms with Crippen molar-refractivity contribution in [3.05, 3.63) is 33.9 Å². The lowest BCUT2D eigenvalue weighted by Crippen LogP contribution is -2.30. The molecule has 8 heteroatoms. The van der Waals surface area contributed by atoms with E-state index < -0.39 is 22.8 Å². The standard InChI is InChI=1S/C13H17N3O5/c1-7(2)14-12(17)9-4-5-10(11(6-9)16(20)21)15-8(3)13(18)19/h4-8,15H,1-3H3,(H,14,17)(H,18,19)/t8-/m0/s1. The van der Waals surface area contributed by atoms with Crippen molar-refractivity contribution in [2.24, 2.45) is 0 Å². The first-order valence-electron chi connectivity index (χ1n) is 6.31. The SMILES string of the molecule is CC(C)NC(=O)c1ccc(N[C@@H](C)C(=O)O)c([N+](=O)[O-])c1. The van der Waals surface area contributed by atoms with Gasteiger partial charge in [0.05, 0.1) is 4.92 Å². The molecule has 1 rings (SSSR count). The predicted molar refractivity (Wildman–Crippen MR) is 76.4 cm³/mol. The third-order valence-corrected chi connectivity index (χ3v) is 2.62. The van der Waals surface area contributed by atoms with E-state index in [9.17, 15) is 19.7 Å². The highest BCUT2D eigenvalue weighted by Gasteiger charge is 2.21. The van der Waals surface area contributed by atoms with Crippen molar-refractivity contribution in [1.82, 2.24) is 5.32 Å². The Hall–Kier alpha value is -2.64. The summed E-state index contributed by atoms with van der Waals surface area (Å²) in [5.74, 6) is -1.56. The maximum atomic E-state index is 11.8. The summed E-state index contributed by atoms with van der Waals surface area (Å²) < 4.78 is 0. The van der Waals surface area contributed by atoms with E-state index in [1.807, 2.05) is 0 Å². The monoisotopic (exact) mass is 295 g/mol. The van der Waals surface area contributed by atoms with Gasteiger partial charge in [-0.3, -0.25) is 19.7 Å². The Morgan fingerprint density at radius 2 is 1.90 bits per heavy atom. The highest BCUT2D eigenvalue weighted by molar-refractivity contribution is 5.96. The van der Waals surface area contributed by atoms with Crippen molar-refractivity contribution in [3.63, 3.8) is 0 Å². The molecule has 0 aromatic heterocycles. The van der Waals surface area contributed by atoms with E-state index in [4.69, 9.17) is 5.11 Å². The van der Waals surface area contributed by atoms with Gasteiger partial charge in [-0.1, -0.05) is 0 Å². The number of nitrogens with zero attached hydrogens (tertiary/aromatic N) is 1. The number of anilines is 1. The molecule has 0 bridgehead atoms. The topological polar surface area (TPSA) is 122 Å². The third-order valence-electron chi connectivity index (χ3n) is 2.62. The smallest absolute Gasteiger partial charge is 0.325 e. The van der Waals surface area contributed by atoms with Crippen molar-refractivity contribution in [3.8, 4) is 0 Å². The van der Waals surface area contributed by atoms with Gasteiger partial charge in [-0.15, -0.1) is 0 Å². The first-order chi connectivity index (χ1) is 9.72. The number of hydrogen-bond donors (Lipinski definition) is 3. The number of carbonyl (C=O) groups is 2. The average Bonchev–Trinajstić information content (AvgIpc) is 2.37. The van der Waals surface area contributed by atoms with Gasteiger partial charge in [-0.2, -0.15) is 0 Å². The molecule has 1 aromatic rings. The summed E-state index contributed by atoms with van der Waals surface area (Å²) in [6, 6.07) is 2.77. The summed E-state index contributed by atoms with van der Waals surface area (Å²) in [6.45, 7) is 4.92. The minimum atomic E-state index is -1.13. The molecule has 0 aliphatic heterocycles. The minimum absolute atomic E-state index is 0.0518. The fraction of sp³-hybridized carbons (Fsp3) is 0.385. The summed E-state index contributed by atoms with van der Waals surface area (Å²) in [7, 11) is 0. The van der Waals surface area contributed by atoms with Crippen molar-refractivity contribution in [2.45, 2.75) is 32.9 Å². The number of nitro groups is 1. The van der Waals surface area contributed by atoms with E-state index in [0.29, 0.717) is 0 Å². The molecular weight excluding hydrogens is 278 g/mol. The lowest BCUT2D eigenvalue weighted by Gasteiger charge is -2.12. The number of amides is 1. The molecule has 0 aliphatic rings. The Morgan fingerprint density at radius 3 is 2.38 bits per heavy atom. The first-order valence-corrected chi connectivity index (χ1v) is 6.31. The molecule has 0 heterocycles. The quantitative estimate of drug-likeness (QED) is 0.541. The van der Waals surface area contributed by atoms with Crippen molar-refractivity contribution in [2.75, 3.05) is 5.32 Å². The molecule has 0 radical (unpaired) electrons. The van der Waals surface area contributed by atoms with E-state index in [1.54, 1.807) is 13.8 Å². The van der Waals surface area contributed by atoms with Crippen LogP contribution in [0.4, 0.5) is 11.4 Å². The zero-order valence-electron chi connectivity index (χ0n) is 11.9. The Morgan fingerprint density at radius 1 is 1.29 bits per heavy atom. The van der Waals surface area contributed by atoms with Gasteiger partial charge >= 0.3 is 5.97 Å². The molecule has 0 unspecified atom stereocenters. The zero-order valence-corrected chi connectivity index (χ0v) is 11.9. The maximum Gasteiger partial charge on any atom is 0.325 e. The minimum Gasteiger partial charge on any atom is -0.480 e. The number of carboxylic acids is 1. The van der Waals surface area contributed by atoms with Gasteiger partial charge in [0.2, 0.25) is 0 Å². The fourth-order valence-electron chi connectivity index (χ4n) is 1.59. The summed E-state index contributed by atoms with van der Waals surface area (Å²) in [5.41, 5.74) is -0.153. The normalized spacial score (nSPS) is 11.8. The van der Waals surface area contributed by atoms with Gasteiger partial charge in [0.1, 0.15) is 11.7 Å². The van der Waals surface area contributed by atoms with Crippen LogP contribution in [0.1, 0.15) is 31.1 Å². The van der Waals surface area contributed by atoms with Crippen LogP contribution in [0.5, 0.6) is 0 Å². The van der Waals surface area contributed by atoms with E-state index in [-0.39, 0.29) is 23.0 Å². The number of nitrogens with one attached hydrogen (secondary N) is 2. The van der Waals surface area contributed by atoms with E-state index in [0.717, 1.165) is 6.07 Å². The molecule has 114 valence electrons. The molecule has 0 spiro atoms. The number of carbonyl (C=O) groups excluding carboxylic acids is 1. The van der Waals surface area contributed by atoms with Gasteiger partial charge in [-0.25, -0.2) is 0 Å². The lowest BCUT2D eigenvalue weighted by atomic mass is 10.1. The van der Waals surface area contributed by atoms with Crippen molar-refractivity contribution < 1.29 is 19.6 Å². The van der Waals surface area contributed by atoms with E-state index in [1.165, 1.54) is 19.1 Å². The van der Waals surface area contributed by atoms with Crippen LogP contribution in [0.3, 0.4) is 0 Å².